The summed E-state index contributed by atoms with van der Waals surface area (Å²) in [4.78, 5) is 4.66. The summed E-state index contributed by atoms with van der Waals surface area (Å²) in [6.45, 7) is 7.27. The van der Waals surface area contributed by atoms with Gasteiger partial charge in [-0.15, -0.1) is 0 Å². The molecule has 5 heteroatoms. The van der Waals surface area contributed by atoms with E-state index in [9.17, 15) is 0 Å². The van der Waals surface area contributed by atoms with Crippen LogP contribution in [-0.4, -0.2) is 21.3 Å². The second kappa shape index (κ2) is 16.5. The molecule has 2 aliphatic rings. The summed E-state index contributed by atoms with van der Waals surface area (Å²) in [5.41, 5.74) is 12.8. The lowest BCUT2D eigenvalue weighted by Crippen LogP contribution is -2.21. The molecule has 0 fully saturated rings. The van der Waals surface area contributed by atoms with Gasteiger partial charge in [0.05, 0.1) is 26.6 Å². The second-order valence-electron chi connectivity index (χ2n) is 14.3. The molecule has 0 aromatic heterocycles. The summed E-state index contributed by atoms with van der Waals surface area (Å²) in [5, 5.41) is 0. The number of anilines is 5. The molecule has 0 spiro atoms. The lowest BCUT2D eigenvalue weighted by molar-refractivity contribution is 0.185. The highest BCUT2D eigenvalue weighted by atomic mass is 16.5. The molecule has 2 aliphatic carbocycles. The van der Waals surface area contributed by atoms with Crippen LogP contribution in [0.4, 0.5) is 28.4 Å². The summed E-state index contributed by atoms with van der Waals surface area (Å²) in [7, 11) is 5.18. The van der Waals surface area contributed by atoms with E-state index >= 15 is 0 Å². The minimum Gasteiger partial charge on any atom is -0.501 e. The monoisotopic (exact) mass is 714 g/mol. The van der Waals surface area contributed by atoms with E-state index in [1.807, 2.05) is 12.1 Å². The third-order valence-electron chi connectivity index (χ3n) is 10.6. The van der Waals surface area contributed by atoms with Gasteiger partial charge in [0.2, 0.25) is 0 Å². The SMILES string of the molecule is COCc1ccc(N(c2ccc(-c3ccc(N(C4=CC=C(OC)C(C)C4)c4ccc(OC)cc4)cc3)cc2)c2ccc(C3C=CC(C)=CC3C)cc2)cc1. The van der Waals surface area contributed by atoms with Crippen molar-refractivity contribution in [1.29, 1.82) is 0 Å². The highest BCUT2D eigenvalue weighted by Gasteiger charge is 2.23. The zero-order chi connectivity index (χ0) is 37.6. The van der Waals surface area contributed by atoms with E-state index in [-0.39, 0.29) is 5.92 Å². The molecule has 3 unspecified atom stereocenters. The molecule has 0 saturated heterocycles. The minimum absolute atomic E-state index is 0.286. The maximum absolute atomic E-state index is 5.63. The van der Waals surface area contributed by atoms with Crippen molar-refractivity contribution < 1.29 is 14.2 Å². The Hall–Kier alpha value is -5.78. The number of rotatable bonds is 12. The van der Waals surface area contributed by atoms with E-state index in [0.717, 1.165) is 63.1 Å². The highest BCUT2D eigenvalue weighted by molar-refractivity contribution is 5.79. The molecule has 0 bridgehead atoms. The molecule has 7 rings (SSSR count). The summed E-state index contributed by atoms with van der Waals surface area (Å²) < 4.78 is 16.5. The van der Waals surface area contributed by atoms with Crippen molar-refractivity contribution in [3.63, 3.8) is 0 Å². The fourth-order valence-electron chi connectivity index (χ4n) is 7.70. The lowest BCUT2D eigenvalue weighted by Gasteiger charge is -2.32. The van der Waals surface area contributed by atoms with Crippen molar-refractivity contribution >= 4 is 28.4 Å². The average Bonchev–Trinajstić information content (AvgIpc) is 3.20. The Morgan fingerprint density at radius 1 is 0.593 bits per heavy atom. The maximum atomic E-state index is 5.63. The normalized spacial score (nSPS) is 18.0. The summed E-state index contributed by atoms with van der Waals surface area (Å²) in [5.74, 6) is 2.97. The first-order valence-corrected chi connectivity index (χ1v) is 18.8. The summed E-state index contributed by atoms with van der Waals surface area (Å²) in [6.07, 6.45) is 12.1. The number of nitrogens with zero attached hydrogens (tertiary/aromatic N) is 2. The van der Waals surface area contributed by atoms with Crippen LogP contribution < -0.4 is 14.5 Å². The first-order valence-electron chi connectivity index (χ1n) is 18.8. The van der Waals surface area contributed by atoms with Gasteiger partial charge in [-0.2, -0.15) is 0 Å². The van der Waals surface area contributed by atoms with Crippen molar-refractivity contribution in [2.45, 2.75) is 39.7 Å². The number of hydrogen-bond donors (Lipinski definition) is 0. The van der Waals surface area contributed by atoms with Crippen LogP contribution in [0.5, 0.6) is 5.75 Å². The van der Waals surface area contributed by atoms with Crippen LogP contribution in [0.2, 0.25) is 0 Å². The zero-order valence-electron chi connectivity index (χ0n) is 32.2. The molecule has 0 amide bonds. The van der Waals surface area contributed by atoms with Crippen LogP contribution in [-0.2, 0) is 16.1 Å². The largest absolute Gasteiger partial charge is 0.501 e. The Kier molecular flexibility index (Phi) is 11.2. The van der Waals surface area contributed by atoms with Crippen LogP contribution in [0, 0.1) is 11.8 Å². The van der Waals surface area contributed by atoms with Crippen molar-refractivity contribution in [2.75, 3.05) is 31.1 Å². The summed E-state index contributed by atoms with van der Waals surface area (Å²) >= 11 is 0. The Bertz CT molecular complexity index is 2140. The molecular formula is C49H50N2O3. The Balaban J connectivity index is 1.18. The van der Waals surface area contributed by atoms with E-state index < -0.39 is 0 Å². The molecule has 5 aromatic rings. The Morgan fingerprint density at radius 3 is 1.61 bits per heavy atom. The van der Waals surface area contributed by atoms with Crippen LogP contribution in [0.3, 0.4) is 0 Å². The van der Waals surface area contributed by atoms with Crippen LogP contribution in [0.25, 0.3) is 11.1 Å². The van der Waals surface area contributed by atoms with E-state index in [0.29, 0.717) is 18.4 Å². The predicted molar refractivity (Wildman–Crippen MR) is 224 cm³/mol. The molecule has 0 saturated carbocycles. The van der Waals surface area contributed by atoms with Crippen molar-refractivity contribution in [3.05, 3.63) is 180 Å². The number of allylic oxidation sites excluding steroid dienone is 8. The summed E-state index contributed by atoms with van der Waals surface area (Å²) in [6, 6.07) is 43.7. The van der Waals surface area contributed by atoms with Gasteiger partial charge in [-0.1, -0.05) is 86.2 Å². The van der Waals surface area contributed by atoms with Gasteiger partial charge in [0.1, 0.15) is 5.75 Å². The first kappa shape index (κ1) is 36.6. The van der Waals surface area contributed by atoms with Gasteiger partial charge in [-0.3, -0.25) is 0 Å². The maximum Gasteiger partial charge on any atom is 0.119 e. The second-order valence-corrected chi connectivity index (χ2v) is 14.3. The first-order chi connectivity index (χ1) is 26.3. The fourth-order valence-corrected chi connectivity index (χ4v) is 7.70. The van der Waals surface area contributed by atoms with Gasteiger partial charge in [-0.25, -0.2) is 0 Å². The Morgan fingerprint density at radius 2 is 1.11 bits per heavy atom. The van der Waals surface area contributed by atoms with E-state index in [4.69, 9.17) is 14.2 Å². The van der Waals surface area contributed by atoms with Crippen LogP contribution in [0.1, 0.15) is 44.2 Å². The van der Waals surface area contributed by atoms with Gasteiger partial charge in [0, 0.05) is 53.1 Å². The molecule has 0 radical (unpaired) electrons. The van der Waals surface area contributed by atoms with Crippen molar-refractivity contribution in [2.24, 2.45) is 11.8 Å². The van der Waals surface area contributed by atoms with E-state index in [1.54, 1.807) is 21.3 Å². The van der Waals surface area contributed by atoms with Gasteiger partial charge in [-0.05, 0) is 126 Å². The van der Waals surface area contributed by atoms with Gasteiger partial charge < -0.3 is 24.0 Å². The number of methoxy groups -OCH3 is 3. The molecule has 5 aromatic carbocycles. The quantitative estimate of drug-likeness (QED) is 0.129. The topological polar surface area (TPSA) is 34.2 Å². The predicted octanol–water partition coefficient (Wildman–Crippen LogP) is 12.8. The molecule has 54 heavy (non-hydrogen) atoms. The number of hydrogen-bond acceptors (Lipinski definition) is 5. The van der Waals surface area contributed by atoms with Crippen molar-refractivity contribution in [3.8, 4) is 16.9 Å². The lowest BCUT2D eigenvalue weighted by atomic mass is 9.82. The smallest absolute Gasteiger partial charge is 0.119 e. The fraction of sp³-hybridized carbons (Fsp3) is 0.224. The molecule has 0 heterocycles. The van der Waals surface area contributed by atoms with Gasteiger partial charge in [0.15, 0.2) is 0 Å². The highest BCUT2D eigenvalue weighted by Crippen LogP contribution is 2.40. The third kappa shape index (κ3) is 7.92. The van der Waals surface area contributed by atoms with Crippen LogP contribution in [0.15, 0.2) is 169 Å². The number of ether oxygens (including phenoxy) is 3. The van der Waals surface area contributed by atoms with E-state index in [1.165, 1.54) is 16.8 Å². The van der Waals surface area contributed by atoms with Crippen LogP contribution >= 0.6 is 0 Å². The Labute approximate surface area is 321 Å². The van der Waals surface area contributed by atoms with E-state index in [2.05, 4.69) is 170 Å². The standard InChI is InChI=1S/C49H50N2O3/c1-34-7-29-48(35(2)31-34)40-14-22-43(23-15-40)50(41-16-8-37(9-17-41)33-52-4)42-18-10-38(11-19-42)39-12-20-44(21-13-39)51(45-24-27-47(53-5)28-25-45)46-26-30-49(54-6)36(3)32-46/h7-31,35-36,48H,32-33H2,1-6H3. The molecule has 5 nitrogen and oxygen atoms in total. The molecule has 3 atom stereocenters. The molecular weight excluding hydrogens is 665 g/mol. The van der Waals surface area contributed by atoms with Gasteiger partial charge in [0.25, 0.3) is 0 Å². The molecule has 0 N–H and O–H groups in total. The molecule has 274 valence electrons. The third-order valence-corrected chi connectivity index (χ3v) is 10.6. The minimum atomic E-state index is 0.286. The van der Waals surface area contributed by atoms with Gasteiger partial charge >= 0.3 is 0 Å². The zero-order valence-corrected chi connectivity index (χ0v) is 32.2. The van der Waals surface area contributed by atoms with Crippen molar-refractivity contribution in [1.82, 2.24) is 0 Å². The molecule has 0 aliphatic heterocycles. The number of benzene rings is 5. The average molecular weight is 715 g/mol.